The van der Waals surface area contributed by atoms with E-state index in [1.54, 1.807) is 30.3 Å². The number of hydrogen-bond donors (Lipinski definition) is 0. The summed E-state index contributed by atoms with van der Waals surface area (Å²) in [5.41, 5.74) is 0.603. The molecule has 0 aliphatic heterocycles. The summed E-state index contributed by atoms with van der Waals surface area (Å²) in [5.74, 6) is -0.931. The third kappa shape index (κ3) is 3.09. The van der Waals surface area contributed by atoms with Crippen molar-refractivity contribution < 1.29 is 18.7 Å². The van der Waals surface area contributed by atoms with Gasteiger partial charge in [0.2, 0.25) is 5.78 Å². The fourth-order valence-corrected chi connectivity index (χ4v) is 4.24. The molecule has 0 bridgehead atoms. The fourth-order valence-electron chi connectivity index (χ4n) is 2.56. The Kier molecular flexibility index (Phi) is 4.44. The fraction of sp³-hybridized carbons (Fsp3) is 0.0526. The van der Waals surface area contributed by atoms with Gasteiger partial charge in [-0.15, -0.1) is 11.3 Å². The Hall–Kier alpha value is -2.34. The maximum Gasteiger partial charge on any atom is 0.350 e. The van der Waals surface area contributed by atoms with Crippen molar-refractivity contribution in [2.45, 2.75) is 0 Å². The summed E-state index contributed by atoms with van der Waals surface area (Å²) in [6.07, 6.45) is 0. The molecule has 0 aliphatic carbocycles. The van der Waals surface area contributed by atoms with E-state index in [-0.39, 0.29) is 10.6 Å². The molecule has 2 heterocycles. The molecular weight excluding hydrogens is 395 g/mol. The number of benzene rings is 2. The molecule has 130 valence electrons. The molecule has 0 radical (unpaired) electrons. The number of carbonyl (C=O) groups is 2. The van der Waals surface area contributed by atoms with Crippen LogP contribution in [0.15, 0.2) is 52.9 Å². The normalized spacial score (nSPS) is 11.2. The number of furan rings is 1. The van der Waals surface area contributed by atoms with Gasteiger partial charge in [-0.1, -0.05) is 47.5 Å². The lowest BCUT2D eigenvalue weighted by atomic mass is 10.2. The highest BCUT2D eigenvalue weighted by Gasteiger charge is 2.21. The van der Waals surface area contributed by atoms with Gasteiger partial charge in [0.15, 0.2) is 12.4 Å². The standard InChI is InChI=1S/C19H10Cl2O4S/c20-11-5-6-12-16(8-11)26-18(17(12)21)19(23)24-9-13(22)15-7-10-3-1-2-4-14(10)25-15/h1-8H,9H2. The minimum atomic E-state index is -0.656. The molecule has 0 fully saturated rings. The van der Waals surface area contributed by atoms with Gasteiger partial charge >= 0.3 is 5.97 Å². The maximum absolute atomic E-state index is 12.3. The molecule has 4 rings (SSSR count). The number of fused-ring (bicyclic) bond motifs is 2. The van der Waals surface area contributed by atoms with Gasteiger partial charge < -0.3 is 9.15 Å². The van der Waals surface area contributed by atoms with E-state index in [0.717, 1.165) is 15.5 Å². The highest BCUT2D eigenvalue weighted by molar-refractivity contribution is 7.21. The van der Waals surface area contributed by atoms with Gasteiger partial charge in [0.05, 0.1) is 5.02 Å². The second-order valence-electron chi connectivity index (χ2n) is 5.53. The topological polar surface area (TPSA) is 56.5 Å². The van der Waals surface area contributed by atoms with Gasteiger partial charge in [0.25, 0.3) is 0 Å². The summed E-state index contributed by atoms with van der Waals surface area (Å²) < 4.78 is 11.4. The first-order valence-corrected chi connectivity index (χ1v) is 9.16. The summed E-state index contributed by atoms with van der Waals surface area (Å²) in [7, 11) is 0. The SMILES string of the molecule is O=C(COC(=O)c1sc2cc(Cl)ccc2c1Cl)c1cc2ccccc2o1. The molecule has 2 aromatic heterocycles. The van der Waals surface area contributed by atoms with Gasteiger partial charge in [-0.05, 0) is 24.3 Å². The third-order valence-electron chi connectivity index (χ3n) is 3.81. The molecule has 0 atom stereocenters. The number of hydrogen-bond acceptors (Lipinski definition) is 5. The molecule has 2 aromatic carbocycles. The quantitative estimate of drug-likeness (QED) is 0.309. The molecule has 0 amide bonds. The lowest BCUT2D eigenvalue weighted by Crippen LogP contribution is -2.13. The van der Waals surface area contributed by atoms with Crippen molar-refractivity contribution in [3.63, 3.8) is 0 Å². The number of Topliss-reactive ketones (excluding diaryl/α,β-unsaturated/α-hetero) is 1. The van der Waals surface area contributed by atoms with Crippen LogP contribution in [0.4, 0.5) is 0 Å². The van der Waals surface area contributed by atoms with Crippen LogP contribution >= 0.6 is 34.5 Å². The van der Waals surface area contributed by atoms with E-state index in [0.29, 0.717) is 15.6 Å². The number of thiophene rings is 1. The average Bonchev–Trinajstić information content (AvgIpc) is 3.20. The van der Waals surface area contributed by atoms with Gasteiger partial charge in [0, 0.05) is 20.5 Å². The molecule has 0 spiro atoms. The van der Waals surface area contributed by atoms with Crippen LogP contribution in [0.25, 0.3) is 21.1 Å². The Balaban J connectivity index is 1.51. The molecule has 0 aliphatic rings. The molecule has 26 heavy (non-hydrogen) atoms. The predicted octanol–water partition coefficient (Wildman–Crippen LogP) is 5.99. The first-order chi connectivity index (χ1) is 12.5. The Bertz CT molecular complexity index is 1130. The first-order valence-electron chi connectivity index (χ1n) is 7.59. The van der Waals surface area contributed by atoms with Crippen LogP contribution in [0, 0.1) is 0 Å². The number of carbonyl (C=O) groups excluding carboxylic acids is 2. The Morgan fingerprint density at radius 1 is 1.08 bits per heavy atom. The summed E-state index contributed by atoms with van der Waals surface area (Å²) >= 11 is 13.4. The number of halogens is 2. The molecule has 4 aromatic rings. The van der Waals surface area contributed by atoms with E-state index in [4.69, 9.17) is 32.4 Å². The second-order valence-corrected chi connectivity index (χ2v) is 7.40. The largest absolute Gasteiger partial charge is 0.453 e. The predicted molar refractivity (Wildman–Crippen MR) is 103 cm³/mol. The van der Waals surface area contributed by atoms with Crippen LogP contribution in [0.2, 0.25) is 10.0 Å². The van der Waals surface area contributed by atoms with Gasteiger partial charge in [-0.3, -0.25) is 4.79 Å². The van der Waals surface area contributed by atoms with Crippen molar-refractivity contribution in [2.75, 3.05) is 6.61 Å². The summed E-state index contributed by atoms with van der Waals surface area (Å²) in [6.45, 7) is -0.427. The molecule has 0 saturated carbocycles. The highest BCUT2D eigenvalue weighted by atomic mass is 35.5. The van der Waals surface area contributed by atoms with E-state index in [1.807, 2.05) is 18.2 Å². The molecule has 0 saturated heterocycles. The van der Waals surface area contributed by atoms with Crippen LogP contribution < -0.4 is 0 Å². The van der Waals surface area contributed by atoms with E-state index < -0.39 is 18.4 Å². The van der Waals surface area contributed by atoms with E-state index in [9.17, 15) is 9.59 Å². The summed E-state index contributed by atoms with van der Waals surface area (Å²) in [4.78, 5) is 24.8. The Morgan fingerprint density at radius 3 is 2.69 bits per heavy atom. The maximum atomic E-state index is 12.3. The number of ketones is 1. The van der Waals surface area contributed by atoms with E-state index in [2.05, 4.69) is 0 Å². The lowest BCUT2D eigenvalue weighted by Gasteiger charge is -2.01. The third-order valence-corrected chi connectivity index (χ3v) is 5.68. The number of para-hydroxylation sites is 1. The zero-order chi connectivity index (χ0) is 18.3. The monoisotopic (exact) mass is 404 g/mol. The Morgan fingerprint density at radius 2 is 1.88 bits per heavy atom. The van der Waals surface area contributed by atoms with Crippen molar-refractivity contribution in [1.29, 1.82) is 0 Å². The van der Waals surface area contributed by atoms with Crippen LogP contribution in [0.5, 0.6) is 0 Å². The van der Waals surface area contributed by atoms with Crippen molar-refractivity contribution in [2.24, 2.45) is 0 Å². The van der Waals surface area contributed by atoms with Crippen molar-refractivity contribution >= 4 is 67.3 Å². The van der Waals surface area contributed by atoms with Crippen LogP contribution in [-0.2, 0) is 4.74 Å². The first kappa shape index (κ1) is 17.1. The summed E-state index contributed by atoms with van der Waals surface area (Å²) in [6, 6.07) is 14.1. The van der Waals surface area contributed by atoms with E-state index in [1.165, 1.54) is 11.3 Å². The molecule has 7 heteroatoms. The zero-order valence-corrected chi connectivity index (χ0v) is 15.5. The van der Waals surface area contributed by atoms with Crippen molar-refractivity contribution in [1.82, 2.24) is 0 Å². The molecule has 4 nitrogen and oxygen atoms in total. The van der Waals surface area contributed by atoms with E-state index >= 15 is 0 Å². The molecular formula is C19H10Cl2O4S. The van der Waals surface area contributed by atoms with Crippen molar-refractivity contribution in [3.8, 4) is 0 Å². The van der Waals surface area contributed by atoms with Crippen LogP contribution in [-0.4, -0.2) is 18.4 Å². The lowest BCUT2D eigenvalue weighted by molar-refractivity contribution is 0.0473. The average molecular weight is 405 g/mol. The smallest absolute Gasteiger partial charge is 0.350 e. The minimum Gasteiger partial charge on any atom is -0.453 e. The summed E-state index contributed by atoms with van der Waals surface area (Å²) in [5, 5.41) is 2.38. The van der Waals surface area contributed by atoms with Crippen molar-refractivity contribution in [3.05, 3.63) is 69.2 Å². The number of esters is 1. The zero-order valence-electron chi connectivity index (χ0n) is 13.1. The molecule has 0 unspecified atom stereocenters. The number of ether oxygens (including phenoxy) is 1. The molecule has 0 N–H and O–H groups in total. The second kappa shape index (κ2) is 6.76. The van der Waals surface area contributed by atoms with Crippen LogP contribution in [0.3, 0.4) is 0 Å². The minimum absolute atomic E-state index is 0.146. The van der Waals surface area contributed by atoms with Gasteiger partial charge in [-0.2, -0.15) is 0 Å². The van der Waals surface area contributed by atoms with Crippen LogP contribution in [0.1, 0.15) is 20.2 Å². The van der Waals surface area contributed by atoms with Gasteiger partial charge in [-0.25, -0.2) is 4.79 Å². The highest BCUT2D eigenvalue weighted by Crippen LogP contribution is 2.37. The number of rotatable bonds is 4. The Labute approximate surface area is 161 Å². The van der Waals surface area contributed by atoms with Gasteiger partial charge in [0.1, 0.15) is 10.5 Å².